The molecule has 0 atom stereocenters. The molecule has 1 aliphatic carbocycles. The van der Waals surface area contributed by atoms with Crippen LogP contribution < -0.4 is 15.4 Å². The molecule has 0 saturated heterocycles. The second-order valence-electron chi connectivity index (χ2n) is 6.78. The topological polar surface area (TPSA) is 105 Å². The van der Waals surface area contributed by atoms with Crippen LogP contribution >= 0.6 is 0 Å². The van der Waals surface area contributed by atoms with Crippen LogP contribution in [0.25, 0.3) is 11.0 Å². The molecular weight excluding hydrogens is 344 g/mol. The molecule has 2 aromatic heterocycles. The maximum atomic E-state index is 12.2. The van der Waals surface area contributed by atoms with Gasteiger partial charge in [-0.25, -0.2) is 14.8 Å². The Morgan fingerprint density at radius 3 is 3.00 bits per heavy atom. The van der Waals surface area contributed by atoms with Crippen LogP contribution in [0.2, 0.25) is 0 Å². The molecule has 2 heterocycles. The summed E-state index contributed by atoms with van der Waals surface area (Å²) in [5.41, 5.74) is 1.27. The molecule has 8 heteroatoms. The molecular formula is C19H22N6O2. The Morgan fingerprint density at radius 1 is 1.22 bits per heavy atom. The monoisotopic (exact) mass is 366 g/mol. The predicted octanol–water partition coefficient (Wildman–Crippen LogP) is 3.85. The zero-order chi connectivity index (χ0) is 18.5. The molecule has 3 aromatic rings. The largest absolute Gasteiger partial charge is 0.438 e. The Kier molecular flexibility index (Phi) is 5.13. The molecule has 3 N–H and O–H groups in total. The molecule has 27 heavy (non-hydrogen) atoms. The quantitative estimate of drug-likeness (QED) is 0.636. The van der Waals surface area contributed by atoms with Gasteiger partial charge in [0.15, 0.2) is 5.65 Å². The Morgan fingerprint density at radius 2 is 2.11 bits per heavy atom. The molecule has 8 nitrogen and oxygen atoms in total. The molecule has 1 fully saturated rings. The van der Waals surface area contributed by atoms with Crippen molar-refractivity contribution < 1.29 is 9.53 Å². The van der Waals surface area contributed by atoms with Crippen molar-refractivity contribution in [2.75, 3.05) is 11.9 Å². The van der Waals surface area contributed by atoms with Crippen molar-refractivity contribution in [2.24, 2.45) is 5.92 Å². The number of fused-ring (bicyclic) bond motifs is 1. The third-order valence-electron chi connectivity index (χ3n) is 4.79. The number of hydrogen-bond acceptors (Lipinski definition) is 5. The van der Waals surface area contributed by atoms with Gasteiger partial charge in [0.25, 0.3) is 0 Å². The van der Waals surface area contributed by atoms with Gasteiger partial charge in [0.2, 0.25) is 5.88 Å². The summed E-state index contributed by atoms with van der Waals surface area (Å²) in [7, 11) is 0. The van der Waals surface area contributed by atoms with E-state index < -0.39 is 0 Å². The van der Waals surface area contributed by atoms with Gasteiger partial charge in [-0.05, 0) is 30.9 Å². The first kappa shape index (κ1) is 17.3. The normalized spacial score (nSPS) is 14.8. The van der Waals surface area contributed by atoms with Crippen LogP contribution in [0.5, 0.6) is 11.6 Å². The van der Waals surface area contributed by atoms with Crippen LogP contribution in [0.1, 0.15) is 32.1 Å². The fraction of sp³-hybridized carbons (Fsp3) is 0.368. The second-order valence-corrected chi connectivity index (χ2v) is 6.78. The summed E-state index contributed by atoms with van der Waals surface area (Å²) in [4.78, 5) is 20.4. The lowest BCUT2D eigenvalue weighted by Gasteiger charge is -2.21. The Hall–Kier alpha value is -3.16. The van der Waals surface area contributed by atoms with E-state index >= 15 is 0 Å². The fourth-order valence-corrected chi connectivity index (χ4v) is 3.38. The van der Waals surface area contributed by atoms with Gasteiger partial charge in [-0.1, -0.05) is 25.3 Å². The van der Waals surface area contributed by atoms with E-state index in [4.69, 9.17) is 4.74 Å². The Bertz CT molecular complexity index is 919. The van der Waals surface area contributed by atoms with Crippen molar-refractivity contribution >= 4 is 22.8 Å². The van der Waals surface area contributed by atoms with Crippen LogP contribution in [0.15, 0.2) is 36.8 Å². The number of benzene rings is 1. The van der Waals surface area contributed by atoms with Gasteiger partial charge in [-0.2, -0.15) is 5.10 Å². The summed E-state index contributed by atoms with van der Waals surface area (Å²) in [6.07, 6.45) is 9.27. The lowest BCUT2D eigenvalue weighted by atomic mass is 9.89. The van der Waals surface area contributed by atoms with Crippen molar-refractivity contribution in [1.29, 1.82) is 0 Å². The van der Waals surface area contributed by atoms with Gasteiger partial charge in [0, 0.05) is 18.3 Å². The molecule has 1 aliphatic rings. The van der Waals surface area contributed by atoms with Crippen molar-refractivity contribution in [3.8, 4) is 11.6 Å². The zero-order valence-electron chi connectivity index (χ0n) is 14.9. The number of anilines is 1. The van der Waals surface area contributed by atoms with Gasteiger partial charge in [-0.3, -0.25) is 5.10 Å². The van der Waals surface area contributed by atoms with E-state index in [1.165, 1.54) is 38.4 Å². The third kappa shape index (κ3) is 4.33. The number of aromatic nitrogens is 4. The van der Waals surface area contributed by atoms with Gasteiger partial charge in [-0.15, -0.1) is 0 Å². The molecule has 1 aromatic carbocycles. The minimum atomic E-state index is -0.197. The molecule has 2 amide bonds. The molecule has 4 rings (SSSR count). The van der Waals surface area contributed by atoms with Gasteiger partial charge < -0.3 is 15.4 Å². The van der Waals surface area contributed by atoms with Crippen LogP contribution in [-0.2, 0) is 0 Å². The summed E-state index contributed by atoms with van der Waals surface area (Å²) >= 11 is 0. The average molecular weight is 366 g/mol. The average Bonchev–Trinajstić information content (AvgIpc) is 3.17. The second kappa shape index (κ2) is 8.03. The van der Waals surface area contributed by atoms with Crippen molar-refractivity contribution in [2.45, 2.75) is 32.1 Å². The van der Waals surface area contributed by atoms with E-state index in [0.29, 0.717) is 34.3 Å². The van der Waals surface area contributed by atoms with Gasteiger partial charge >= 0.3 is 6.03 Å². The molecule has 140 valence electrons. The number of carbonyl (C=O) groups excluding carboxylic acids is 1. The standard InChI is InChI=1S/C19H22N6O2/c26-19(20-10-13-5-2-1-3-6-13)24-14-7-4-8-15(9-14)27-18-16-11-23-25-17(16)21-12-22-18/h4,7-9,11-13H,1-3,5-6,10H2,(H2,20,24,26)(H,21,22,23,25). The highest BCUT2D eigenvalue weighted by Gasteiger charge is 2.14. The number of carbonyl (C=O) groups is 1. The predicted molar refractivity (Wildman–Crippen MR) is 102 cm³/mol. The summed E-state index contributed by atoms with van der Waals surface area (Å²) in [6.45, 7) is 0.724. The highest BCUT2D eigenvalue weighted by atomic mass is 16.5. The van der Waals surface area contributed by atoms with Crippen molar-refractivity contribution in [3.05, 3.63) is 36.8 Å². The van der Waals surface area contributed by atoms with E-state index in [-0.39, 0.29) is 6.03 Å². The lowest BCUT2D eigenvalue weighted by Crippen LogP contribution is -2.33. The first-order valence-corrected chi connectivity index (χ1v) is 9.25. The highest BCUT2D eigenvalue weighted by Crippen LogP contribution is 2.27. The minimum Gasteiger partial charge on any atom is -0.438 e. The smallest absolute Gasteiger partial charge is 0.319 e. The van der Waals surface area contributed by atoms with E-state index in [2.05, 4.69) is 30.8 Å². The number of amides is 2. The Balaban J connectivity index is 1.37. The molecule has 1 saturated carbocycles. The van der Waals surface area contributed by atoms with E-state index in [9.17, 15) is 4.79 Å². The van der Waals surface area contributed by atoms with E-state index in [1.807, 2.05) is 12.1 Å². The molecule has 0 bridgehead atoms. The summed E-state index contributed by atoms with van der Waals surface area (Å²) in [5.74, 6) is 1.57. The molecule has 0 radical (unpaired) electrons. The van der Waals surface area contributed by atoms with E-state index in [0.717, 1.165) is 6.54 Å². The number of rotatable bonds is 5. The molecule has 0 unspecified atom stereocenters. The number of nitrogens with one attached hydrogen (secondary N) is 3. The first-order chi connectivity index (χ1) is 13.3. The van der Waals surface area contributed by atoms with Crippen LogP contribution in [0, 0.1) is 5.92 Å². The summed E-state index contributed by atoms with van der Waals surface area (Å²) in [5, 5.41) is 13.2. The third-order valence-corrected chi connectivity index (χ3v) is 4.79. The maximum absolute atomic E-state index is 12.2. The molecule has 0 aliphatic heterocycles. The summed E-state index contributed by atoms with van der Waals surface area (Å²) < 4.78 is 5.84. The van der Waals surface area contributed by atoms with Gasteiger partial charge in [0.05, 0.1) is 6.20 Å². The van der Waals surface area contributed by atoms with E-state index in [1.54, 1.807) is 18.3 Å². The van der Waals surface area contributed by atoms with Crippen LogP contribution in [0.3, 0.4) is 0 Å². The number of nitrogens with zero attached hydrogens (tertiary/aromatic N) is 3. The van der Waals surface area contributed by atoms with Crippen molar-refractivity contribution in [3.63, 3.8) is 0 Å². The number of hydrogen-bond donors (Lipinski definition) is 3. The van der Waals surface area contributed by atoms with Crippen LogP contribution in [0.4, 0.5) is 10.5 Å². The summed E-state index contributed by atoms with van der Waals surface area (Å²) in [6, 6.07) is 7.00. The SMILES string of the molecule is O=C(NCC1CCCCC1)Nc1cccc(Oc2ncnc3[nH]ncc23)c1. The fourth-order valence-electron chi connectivity index (χ4n) is 3.38. The number of ether oxygens (including phenoxy) is 1. The lowest BCUT2D eigenvalue weighted by molar-refractivity contribution is 0.247. The Labute approximate surface area is 156 Å². The van der Waals surface area contributed by atoms with Crippen molar-refractivity contribution in [1.82, 2.24) is 25.5 Å². The minimum absolute atomic E-state index is 0.197. The highest BCUT2D eigenvalue weighted by molar-refractivity contribution is 5.89. The number of H-pyrrole nitrogens is 1. The van der Waals surface area contributed by atoms with Crippen LogP contribution in [-0.4, -0.2) is 32.7 Å². The number of aromatic amines is 1. The van der Waals surface area contributed by atoms with Gasteiger partial charge in [0.1, 0.15) is 17.5 Å². The number of urea groups is 1. The molecule has 0 spiro atoms. The zero-order valence-corrected chi connectivity index (χ0v) is 14.9. The first-order valence-electron chi connectivity index (χ1n) is 9.25. The maximum Gasteiger partial charge on any atom is 0.319 e.